The molecule has 6 N–H and O–H groups in total. The molecule has 6 heteroatoms. The van der Waals surface area contributed by atoms with Crippen LogP contribution in [0.15, 0.2) is 42.5 Å². The van der Waals surface area contributed by atoms with E-state index in [1.807, 2.05) is 12.1 Å². The molecule has 0 saturated carbocycles. The van der Waals surface area contributed by atoms with Crippen LogP contribution in [0, 0.1) is 0 Å². The zero-order chi connectivity index (χ0) is 22.1. The van der Waals surface area contributed by atoms with E-state index in [0.29, 0.717) is 19.8 Å². The van der Waals surface area contributed by atoms with Crippen LogP contribution in [0.3, 0.4) is 0 Å². The number of nitrogens with two attached hydrogens (primary N) is 3. The van der Waals surface area contributed by atoms with Gasteiger partial charge in [-0.25, -0.2) is 0 Å². The second-order valence-corrected chi connectivity index (χ2v) is 8.53. The molecule has 6 nitrogen and oxygen atoms in total. The Labute approximate surface area is 186 Å². The van der Waals surface area contributed by atoms with E-state index in [4.69, 9.17) is 31.4 Å². The molecule has 0 spiro atoms. The molecule has 5 atom stereocenters. The molecule has 1 heterocycles. The van der Waals surface area contributed by atoms with Gasteiger partial charge in [-0.05, 0) is 28.8 Å². The van der Waals surface area contributed by atoms with Crippen molar-refractivity contribution in [2.24, 2.45) is 17.2 Å². The predicted octanol–water partition coefficient (Wildman–Crippen LogP) is 3.44. The molecule has 3 rings (SSSR count). The van der Waals surface area contributed by atoms with Crippen molar-refractivity contribution in [3.05, 3.63) is 48.0 Å². The average molecular weight is 430 g/mol. The number of hydrogen-bond donors (Lipinski definition) is 3. The fourth-order valence-electron chi connectivity index (χ4n) is 4.16. The molecule has 172 valence electrons. The third-order valence-corrected chi connectivity index (χ3v) is 6.08. The molecule has 2 aromatic carbocycles. The van der Waals surface area contributed by atoms with Gasteiger partial charge in [0, 0.05) is 13.2 Å². The lowest BCUT2D eigenvalue weighted by atomic mass is 9.95. The average Bonchev–Trinajstić information content (AvgIpc) is 2.79. The highest BCUT2D eigenvalue weighted by Gasteiger charge is 2.43. The van der Waals surface area contributed by atoms with Gasteiger partial charge >= 0.3 is 0 Å². The maximum absolute atomic E-state index is 6.47. The summed E-state index contributed by atoms with van der Waals surface area (Å²) in [5, 5.41) is 2.39. The van der Waals surface area contributed by atoms with Crippen LogP contribution in [0.4, 0.5) is 0 Å². The minimum atomic E-state index is -0.550. The molecule has 0 bridgehead atoms. The predicted molar refractivity (Wildman–Crippen MR) is 126 cm³/mol. The van der Waals surface area contributed by atoms with Crippen molar-refractivity contribution in [2.75, 3.05) is 13.2 Å². The zero-order valence-electron chi connectivity index (χ0n) is 18.7. The van der Waals surface area contributed by atoms with E-state index < -0.39 is 18.4 Å². The smallest absolute Gasteiger partial charge is 0.175 e. The van der Waals surface area contributed by atoms with Crippen molar-refractivity contribution in [2.45, 2.75) is 82.6 Å². The number of benzene rings is 2. The lowest BCUT2D eigenvalue weighted by Crippen LogP contribution is -2.66. The normalized spacial score (nSPS) is 26.4. The van der Waals surface area contributed by atoms with Crippen LogP contribution in [-0.4, -0.2) is 43.7 Å². The van der Waals surface area contributed by atoms with Crippen LogP contribution in [-0.2, 0) is 20.8 Å². The summed E-state index contributed by atoms with van der Waals surface area (Å²) in [7, 11) is 0. The molecule has 0 unspecified atom stereocenters. The largest absolute Gasteiger partial charge is 0.370 e. The van der Waals surface area contributed by atoms with Gasteiger partial charge in [-0.15, -0.1) is 0 Å². The van der Waals surface area contributed by atoms with Gasteiger partial charge in [-0.1, -0.05) is 75.4 Å². The maximum Gasteiger partial charge on any atom is 0.175 e. The molecule has 1 aliphatic heterocycles. The fourth-order valence-corrected chi connectivity index (χ4v) is 4.16. The minimum Gasteiger partial charge on any atom is -0.370 e. The summed E-state index contributed by atoms with van der Waals surface area (Å²) >= 11 is 0. The molecule has 31 heavy (non-hydrogen) atoms. The van der Waals surface area contributed by atoms with Gasteiger partial charge in [0.1, 0.15) is 0 Å². The van der Waals surface area contributed by atoms with E-state index in [9.17, 15) is 0 Å². The highest BCUT2D eigenvalue weighted by atomic mass is 16.7. The van der Waals surface area contributed by atoms with Crippen molar-refractivity contribution < 1.29 is 14.2 Å². The molecule has 2 aromatic rings. The van der Waals surface area contributed by atoms with Crippen molar-refractivity contribution in [3.63, 3.8) is 0 Å². The second kappa shape index (κ2) is 12.5. The van der Waals surface area contributed by atoms with Crippen LogP contribution >= 0.6 is 0 Å². The van der Waals surface area contributed by atoms with Crippen LogP contribution in [0.25, 0.3) is 10.8 Å². The molecule has 0 aliphatic carbocycles. The molecule has 0 amide bonds. The third kappa shape index (κ3) is 6.72. The maximum atomic E-state index is 6.47. The number of ether oxygens (including phenoxy) is 3. The van der Waals surface area contributed by atoms with E-state index >= 15 is 0 Å². The molecule has 1 fully saturated rings. The SMILES string of the molecule is CCCCCCCCO[C@@H]1O[C@H](CN)[C@H](N)[C@H](OCc2ccc3ccccc3c2)[C@H]1N. The van der Waals surface area contributed by atoms with E-state index in [2.05, 4.69) is 37.3 Å². The molecule has 1 aliphatic rings. The molecule has 1 saturated heterocycles. The fraction of sp³-hybridized carbons (Fsp3) is 0.600. The van der Waals surface area contributed by atoms with Crippen LogP contribution in [0.2, 0.25) is 0 Å². The highest BCUT2D eigenvalue weighted by molar-refractivity contribution is 5.82. The summed E-state index contributed by atoms with van der Waals surface area (Å²) < 4.78 is 18.2. The Morgan fingerprint density at radius 2 is 1.61 bits per heavy atom. The standard InChI is InChI=1S/C25H39N3O3/c1-2-3-4-5-6-9-14-29-25-23(28)24(22(27)21(16-26)31-25)30-17-18-12-13-19-10-7-8-11-20(19)15-18/h7-8,10-13,15,21-25H,2-6,9,14,16-17,26-28H2,1H3/t21-,22+,23-,24+,25-/m1/s1. The first kappa shape index (κ1) is 24.1. The molecule has 0 aromatic heterocycles. The highest BCUT2D eigenvalue weighted by Crippen LogP contribution is 2.24. The first-order chi connectivity index (χ1) is 15.1. The van der Waals surface area contributed by atoms with Gasteiger partial charge in [0.05, 0.1) is 30.9 Å². The summed E-state index contributed by atoms with van der Waals surface area (Å²) in [6.45, 7) is 3.58. The zero-order valence-corrected chi connectivity index (χ0v) is 18.7. The second-order valence-electron chi connectivity index (χ2n) is 8.53. The van der Waals surface area contributed by atoms with Gasteiger partial charge in [-0.2, -0.15) is 0 Å². The van der Waals surface area contributed by atoms with Gasteiger partial charge in [0.25, 0.3) is 0 Å². The van der Waals surface area contributed by atoms with Gasteiger partial charge < -0.3 is 31.4 Å². The number of fused-ring (bicyclic) bond motifs is 1. The summed E-state index contributed by atoms with van der Waals surface area (Å²) in [6, 6.07) is 13.7. The van der Waals surface area contributed by atoms with Crippen LogP contribution in [0.5, 0.6) is 0 Å². The van der Waals surface area contributed by atoms with Crippen LogP contribution in [0.1, 0.15) is 51.0 Å². The summed E-state index contributed by atoms with van der Waals surface area (Å²) in [5.41, 5.74) is 19.8. The lowest BCUT2D eigenvalue weighted by molar-refractivity contribution is -0.237. The monoisotopic (exact) mass is 429 g/mol. The summed E-state index contributed by atoms with van der Waals surface area (Å²) in [6.07, 6.45) is 5.95. The van der Waals surface area contributed by atoms with Crippen LogP contribution < -0.4 is 17.2 Å². The Balaban J connectivity index is 1.54. The Morgan fingerprint density at radius 1 is 0.871 bits per heavy atom. The van der Waals surface area contributed by atoms with Crippen molar-refractivity contribution >= 4 is 10.8 Å². The Hall–Kier alpha value is -1.54. The third-order valence-electron chi connectivity index (χ3n) is 6.08. The van der Waals surface area contributed by atoms with E-state index in [1.165, 1.54) is 36.5 Å². The Bertz CT molecular complexity index is 787. The Morgan fingerprint density at radius 3 is 2.39 bits per heavy atom. The van der Waals surface area contributed by atoms with Crippen molar-refractivity contribution in [3.8, 4) is 0 Å². The lowest BCUT2D eigenvalue weighted by Gasteiger charge is -2.43. The quantitative estimate of drug-likeness (QED) is 0.446. The van der Waals surface area contributed by atoms with E-state index in [1.54, 1.807) is 0 Å². The van der Waals surface area contributed by atoms with Gasteiger partial charge in [-0.3, -0.25) is 0 Å². The minimum absolute atomic E-state index is 0.306. The number of hydrogen-bond acceptors (Lipinski definition) is 6. The molecule has 0 radical (unpaired) electrons. The number of unbranched alkanes of at least 4 members (excludes halogenated alkanes) is 5. The first-order valence-corrected chi connectivity index (χ1v) is 11.7. The van der Waals surface area contributed by atoms with E-state index in [0.717, 1.165) is 18.4 Å². The first-order valence-electron chi connectivity index (χ1n) is 11.7. The van der Waals surface area contributed by atoms with Crippen molar-refractivity contribution in [1.29, 1.82) is 0 Å². The topological polar surface area (TPSA) is 106 Å². The van der Waals surface area contributed by atoms with Crippen molar-refractivity contribution in [1.82, 2.24) is 0 Å². The molecular formula is C25H39N3O3. The summed E-state index contributed by atoms with van der Waals surface area (Å²) in [4.78, 5) is 0. The summed E-state index contributed by atoms with van der Waals surface area (Å²) in [5.74, 6) is 0. The number of rotatable bonds is 12. The van der Waals surface area contributed by atoms with Gasteiger partial charge in [0.2, 0.25) is 0 Å². The van der Waals surface area contributed by atoms with E-state index in [-0.39, 0.29) is 12.2 Å². The van der Waals surface area contributed by atoms with Gasteiger partial charge in [0.15, 0.2) is 6.29 Å². The molecular weight excluding hydrogens is 390 g/mol. The Kier molecular flexibility index (Phi) is 9.71.